The molecule has 1 aromatic heterocycles. The molecule has 0 saturated heterocycles. The van der Waals surface area contributed by atoms with Crippen molar-refractivity contribution in [3.63, 3.8) is 0 Å². The lowest BCUT2D eigenvalue weighted by Crippen LogP contribution is -2.01. The smallest absolute Gasteiger partial charge is 0.205 e. The van der Waals surface area contributed by atoms with Crippen LogP contribution in [0.15, 0.2) is 46.3 Å². The van der Waals surface area contributed by atoms with Gasteiger partial charge in [-0.1, -0.05) is 55.9 Å². The van der Waals surface area contributed by atoms with Crippen LogP contribution in [0.4, 0.5) is 0 Å². The molecule has 0 aliphatic carbocycles. The van der Waals surface area contributed by atoms with E-state index in [0.717, 1.165) is 24.0 Å². The minimum atomic E-state index is 0.354. The van der Waals surface area contributed by atoms with Crippen molar-refractivity contribution in [2.24, 2.45) is 0 Å². The van der Waals surface area contributed by atoms with Gasteiger partial charge in [-0.2, -0.15) is 0 Å². The molecule has 0 radical (unpaired) electrons. The molecule has 1 heterocycles. The standard InChI is InChI=1S/C17H16BrN3OS.C3H8O/c1-11(2)12-7-8-15(14-6-4-3-5-13(12)14)21-16(18)19-20-17(21)23-10-9-22;1-3-4-2/h3-9,11H,10H2,1-2H3;3H2,1-2H3. The van der Waals surface area contributed by atoms with E-state index in [2.05, 4.69) is 75.0 Å². The summed E-state index contributed by atoms with van der Waals surface area (Å²) in [6.07, 6.45) is 0.873. The van der Waals surface area contributed by atoms with Crippen LogP contribution in [0.2, 0.25) is 0 Å². The Balaban J connectivity index is 0.000000596. The van der Waals surface area contributed by atoms with Gasteiger partial charge in [-0.25, -0.2) is 0 Å². The van der Waals surface area contributed by atoms with Gasteiger partial charge >= 0.3 is 0 Å². The number of hydrogen-bond donors (Lipinski definition) is 0. The zero-order valence-electron chi connectivity index (χ0n) is 16.0. The van der Waals surface area contributed by atoms with Crippen molar-refractivity contribution in [2.75, 3.05) is 19.5 Å². The second kappa shape index (κ2) is 10.6. The van der Waals surface area contributed by atoms with E-state index in [1.807, 2.05) is 17.6 Å². The fourth-order valence-corrected chi connectivity index (χ4v) is 3.85. The second-order valence-corrected chi connectivity index (χ2v) is 7.71. The van der Waals surface area contributed by atoms with Gasteiger partial charge in [-0.15, -0.1) is 10.2 Å². The molecule has 2 aromatic carbocycles. The second-order valence-electron chi connectivity index (χ2n) is 6.02. The zero-order chi connectivity index (χ0) is 19.8. The largest absolute Gasteiger partial charge is 0.385 e. The van der Waals surface area contributed by atoms with Gasteiger partial charge in [0, 0.05) is 19.1 Å². The molecule has 0 fully saturated rings. The van der Waals surface area contributed by atoms with Crippen LogP contribution in [0.5, 0.6) is 0 Å². The molecule has 0 unspecified atom stereocenters. The average molecular weight is 450 g/mol. The lowest BCUT2D eigenvalue weighted by Gasteiger charge is -2.15. The van der Waals surface area contributed by atoms with Crippen molar-refractivity contribution >= 4 is 44.8 Å². The fraction of sp³-hybridized carbons (Fsp3) is 0.350. The number of ether oxygens (including phenoxy) is 1. The molecule has 5 nitrogen and oxygen atoms in total. The van der Waals surface area contributed by atoms with Gasteiger partial charge in [0.05, 0.1) is 11.4 Å². The maximum absolute atomic E-state index is 10.7. The highest BCUT2D eigenvalue weighted by atomic mass is 79.9. The molecule has 7 heteroatoms. The molecule has 144 valence electrons. The Labute approximate surface area is 172 Å². The first-order valence-corrected chi connectivity index (χ1v) is 10.5. The lowest BCUT2D eigenvalue weighted by molar-refractivity contribution is -0.105. The molecule has 0 spiro atoms. The molecular formula is C20H24BrN3O2S. The number of carbonyl (C=O) groups is 1. The molecule has 0 N–H and O–H groups in total. The maximum Gasteiger partial charge on any atom is 0.205 e. The molecule has 27 heavy (non-hydrogen) atoms. The van der Waals surface area contributed by atoms with Crippen molar-refractivity contribution < 1.29 is 9.53 Å². The Morgan fingerprint density at radius 1 is 1.19 bits per heavy atom. The summed E-state index contributed by atoms with van der Waals surface area (Å²) in [6, 6.07) is 12.6. The Kier molecular flexibility index (Phi) is 8.47. The first-order valence-electron chi connectivity index (χ1n) is 8.73. The number of hydrogen-bond acceptors (Lipinski definition) is 5. The summed E-state index contributed by atoms with van der Waals surface area (Å²) in [7, 11) is 1.68. The quantitative estimate of drug-likeness (QED) is 0.379. The first kappa shape index (κ1) is 21.6. The summed E-state index contributed by atoms with van der Waals surface area (Å²) >= 11 is 4.84. The third-order valence-electron chi connectivity index (χ3n) is 3.96. The number of carbonyl (C=O) groups excluding carboxylic acids is 1. The highest BCUT2D eigenvalue weighted by Crippen LogP contribution is 2.33. The molecule has 0 amide bonds. The van der Waals surface area contributed by atoms with Gasteiger partial charge in [0.1, 0.15) is 6.29 Å². The Hall–Kier alpha value is -1.70. The fourth-order valence-electron chi connectivity index (χ4n) is 2.66. The number of rotatable bonds is 6. The van der Waals surface area contributed by atoms with Gasteiger partial charge in [-0.3, -0.25) is 4.57 Å². The van der Waals surface area contributed by atoms with E-state index in [-0.39, 0.29) is 0 Å². The number of benzene rings is 2. The molecule has 0 aliphatic rings. The van der Waals surface area contributed by atoms with Crippen molar-refractivity contribution in [1.29, 1.82) is 0 Å². The van der Waals surface area contributed by atoms with Gasteiger partial charge in [-0.05, 0) is 45.8 Å². The summed E-state index contributed by atoms with van der Waals surface area (Å²) in [5, 5.41) is 11.3. The van der Waals surface area contributed by atoms with Crippen molar-refractivity contribution in [1.82, 2.24) is 14.8 Å². The van der Waals surface area contributed by atoms with Crippen molar-refractivity contribution in [3.05, 3.63) is 46.7 Å². The number of nitrogens with zero attached hydrogens (tertiary/aromatic N) is 3. The van der Waals surface area contributed by atoms with Crippen LogP contribution in [0.3, 0.4) is 0 Å². The minimum absolute atomic E-state index is 0.354. The molecule has 3 rings (SSSR count). The normalized spacial score (nSPS) is 10.7. The Morgan fingerprint density at radius 3 is 2.44 bits per heavy atom. The minimum Gasteiger partial charge on any atom is -0.385 e. The van der Waals surface area contributed by atoms with E-state index >= 15 is 0 Å². The average Bonchev–Trinajstić information content (AvgIpc) is 3.05. The monoisotopic (exact) mass is 449 g/mol. The van der Waals surface area contributed by atoms with E-state index in [1.54, 1.807) is 7.11 Å². The highest BCUT2D eigenvalue weighted by molar-refractivity contribution is 9.10. The highest BCUT2D eigenvalue weighted by Gasteiger charge is 2.16. The predicted molar refractivity (Wildman–Crippen MR) is 115 cm³/mol. The number of halogens is 1. The zero-order valence-corrected chi connectivity index (χ0v) is 18.4. The summed E-state index contributed by atoms with van der Waals surface area (Å²) in [5.74, 6) is 0.801. The van der Waals surface area contributed by atoms with Crippen LogP contribution >= 0.6 is 27.7 Å². The third-order valence-corrected chi connectivity index (χ3v) is 5.30. The van der Waals surface area contributed by atoms with E-state index in [0.29, 0.717) is 21.6 Å². The van der Waals surface area contributed by atoms with E-state index in [1.165, 1.54) is 22.7 Å². The van der Waals surface area contributed by atoms with Crippen LogP contribution in [0.25, 0.3) is 16.5 Å². The lowest BCUT2D eigenvalue weighted by atomic mass is 9.95. The predicted octanol–water partition coefficient (Wildman–Crippen LogP) is 5.25. The Morgan fingerprint density at radius 2 is 1.85 bits per heavy atom. The molecule has 0 bridgehead atoms. The van der Waals surface area contributed by atoms with Crippen LogP contribution < -0.4 is 0 Å². The number of aromatic nitrogens is 3. The number of thioether (sulfide) groups is 1. The molecule has 0 aliphatic heterocycles. The number of fused-ring (bicyclic) bond motifs is 1. The van der Waals surface area contributed by atoms with Gasteiger partial charge in [0.15, 0.2) is 5.16 Å². The maximum atomic E-state index is 10.7. The molecule has 0 saturated carbocycles. The van der Waals surface area contributed by atoms with E-state index in [9.17, 15) is 4.79 Å². The summed E-state index contributed by atoms with van der Waals surface area (Å²) < 4.78 is 7.12. The number of methoxy groups -OCH3 is 1. The third kappa shape index (κ3) is 5.18. The van der Waals surface area contributed by atoms with Crippen LogP contribution in [-0.2, 0) is 9.53 Å². The Bertz CT molecular complexity index is 894. The molecule has 3 aromatic rings. The van der Waals surface area contributed by atoms with Gasteiger partial charge < -0.3 is 9.53 Å². The van der Waals surface area contributed by atoms with Crippen molar-refractivity contribution in [2.45, 2.75) is 31.8 Å². The topological polar surface area (TPSA) is 57.0 Å². The summed E-state index contributed by atoms with van der Waals surface area (Å²) in [4.78, 5) is 10.7. The van der Waals surface area contributed by atoms with Crippen molar-refractivity contribution in [3.8, 4) is 5.69 Å². The van der Waals surface area contributed by atoms with Crippen LogP contribution in [0.1, 0.15) is 32.3 Å². The SMILES string of the molecule is CC(C)c1ccc(-n2c(Br)nnc2SCC=O)c2ccccc12.CCOC. The molecular weight excluding hydrogens is 426 g/mol. The van der Waals surface area contributed by atoms with Crippen LogP contribution in [0, 0.1) is 0 Å². The number of aldehydes is 1. The van der Waals surface area contributed by atoms with Gasteiger partial charge in [0.25, 0.3) is 0 Å². The summed E-state index contributed by atoms with van der Waals surface area (Å²) in [5.41, 5.74) is 2.32. The van der Waals surface area contributed by atoms with E-state index < -0.39 is 0 Å². The molecule has 0 atom stereocenters. The van der Waals surface area contributed by atoms with E-state index in [4.69, 9.17) is 0 Å². The summed E-state index contributed by atoms with van der Waals surface area (Å²) in [6.45, 7) is 7.17. The van der Waals surface area contributed by atoms with Gasteiger partial charge in [0.2, 0.25) is 4.73 Å². The van der Waals surface area contributed by atoms with Crippen LogP contribution in [-0.4, -0.2) is 40.5 Å². The first-order chi connectivity index (χ1) is 13.0.